The van der Waals surface area contributed by atoms with Crippen molar-refractivity contribution in [2.75, 3.05) is 30.4 Å². The van der Waals surface area contributed by atoms with Gasteiger partial charge in [0.05, 0.1) is 18.1 Å². The van der Waals surface area contributed by atoms with Crippen molar-refractivity contribution < 1.29 is 13.2 Å². The Morgan fingerprint density at radius 2 is 2.12 bits per heavy atom. The lowest BCUT2D eigenvalue weighted by atomic mass is 10.1. The van der Waals surface area contributed by atoms with Crippen LogP contribution in [-0.4, -0.2) is 60.6 Å². The van der Waals surface area contributed by atoms with Crippen molar-refractivity contribution >= 4 is 32.2 Å². The van der Waals surface area contributed by atoms with Gasteiger partial charge in [0.15, 0.2) is 9.84 Å². The first kappa shape index (κ1) is 18.9. The van der Waals surface area contributed by atoms with Crippen LogP contribution in [0.1, 0.15) is 17.5 Å². The van der Waals surface area contributed by atoms with Crippen LogP contribution in [0.4, 0.5) is 5.13 Å². The SMILES string of the molecule is Cc1ccc(-c2nnc(NC(=O)CN(C)C3CCS(=O)(=O)C3)s2)c(C)c1. The van der Waals surface area contributed by atoms with Gasteiger partial charge in [-0.05, 0) is 32.9 Å². The van der Waals surface area contributed by atoms with Crippen LogP contribution in [-0.2, 0) is 14.6 Å². The van der Waals surface area contributed by atoms with E-state index in [2.05, 4.69) is 21.6 Å². The summed E-state index contributed by atoms with van der Waals surface area (Å²) in [6.07, 6.45) is 0.571. The molecule has 1 aromatic heterocycles. The first-order chi connectivity index (χ1) is 12.2. The molecule has 7 nitrogen and oxygen atoms in total. The van der Waals surface area contributed by atoms with Crippen molar-refractivity contribution in [2.24, 2.45) is 0 Å². The van der Waals surface area contributed by atoms with Crippen molar-refractivity contribution in [1.82, 2.24) is 15.1 Å². The van der Waals surface area contributed by atoms with E-state index in [1.807, 2.05) is 26.0 Å². The predicted octanol–water partition coefficient (Wildman–Crippen LogP) is 1.88. The standard InChI is InChI=1S/C17H22N4O3S2/c1-11-4-5-14(12(2)8-11)16-19-20-17(25-16)18-15(22)9-21(3)13-6-7-26(23,24)10-13/h4-5,8,13H,6-7,9-10H2,1-3H3,(H,18,20,22). The molecule has 1 aliphatic rings. The summed E-state index contributed by atoms with van der Waals surface area (Å²) in [5.41, 5.74) is 3.30. The zero-order valence-electron chi connectivity index (χ0n) is 15.0. The van der Waals surface area contributed by atoms with Crippen LogP contribution in [0.3, 0.4) is 0 Å². The Bertz CT molecular complexity index is 924. The van der Waals surface area contributed by atoms with E-state index in [9.17, 15) is 13.2 Å². The third-order valence-electron chi connectivity index (χ3n) is 4.51. The van der Waals surface area contributed by atoms with Gasteiger partial charge in [-0.2, -0.15) is 0 Å². The number of aromatic nitrogens is 2. The molecule has 1 aromatic carbocycles. The van der Waals surface area contributed by atoms with E-state index < -0.39 is 9.84 Å². The Labute approximate surface area is 157 Å². The number of carbonyl (C=O) groups excluding carboxylic acids is 1. The molecule has 1 N–H and O–H groups in total. The normalized spacial score (nSPS) is 19.0. The molecule has 26 heavy (non-hydrogen) atoms. The fourth-order valence-corrected chi connectivity index (χ4v) is 5.73. The van der Waals surface area contributed by atoms with E-state index >= 15 is 0 Å². The first-order valence-electron chi connectivity index (χ1n) is 8.35. The number of hydrogen-bond acceptors (Lipinski definition) is 7. The fourth-order valence-electron chi connectivity index (χ4n) is 3.07. The van der Waals surface area contributed by atoms with Crippen molar-refractivity contribution in [3.8, 4) is 10.6 Å². The first-order valence-corrected chi connectivity index (χ1v) is 11.0. The molecule has 1 fully saturated rings. The molecule has 1 unspecified atom stereocenters. The van der Waals surface area contributed by atoms with Gasteiger partial charge in [-0.1, -0.05) is 35.1 Å². The van der Waals surface area contributed by atoms with Crippen molar-refractivity contribution in [1.29, 1.82) is 0 Å². The minimum absolute atomic E-state index is 0.106. The number of anilines is 1. The highest BCUT2D eigenvalue weighted by Crippen LogP contribution is 2.29. The van der Waals surface area contributed by atoms with Gasteiger partial charge in [0.2, 0.25) is 11.0 Å². The van der Waals surface area contributed by atoms with Crippen molar-refractivity contribution in [3.05, 3.63) is 29.3 Å². The Hall–Kier alpha value is -1.84. The molecular weight excluding hydrogens is 372 g/mol. The molecule has 3 rings (SSSR count). The van der Waals surface area contributed by atoms with Crippen LogP contribution >= 0.6 is 11.3 Å². The maximum Gasteiger partial charge on any atom is 0.240 e. The molecule has 0 radical (unpaired) electrons. The largest absolute Gasteiger partial charge is 0.299 e. The predicted molar refractivity (Wildman–Crippen MR) is 103 cm³/mol. The zero-order valence-corrected chi connectivity index (χ0v) is 16.7. The molecule has 0 spiro atoms. The molecule has 1 aliphatic heterocycles. The minimum atomic E-state index is -2.96. The van der Waals surface area contributed by atoms with Gasteiger partial charge >= 0.3 is 0 Å². The summed E-state index contributed by atoms with van der Waals surface area (Å²) >= 11 is 1.32. The number of nitrogens with one attached hydrogen (secondary N) is 1. The average molecular weight is 395 g/mol. The molecule has 0 aliphatic carbocycles. The Morgan fingerprint density at radius 1 is 1.35 bits per heavy atom. The minimum Gasteiger partial charge on any atom is -0.299 e. The molecule has 0 saturated carbocycles. The molecule has 9 heteroatoms. The molecule has 2 aromatic rings. The molecule has 1 atom stereocenters. The Kier molecular flexibility index (Phi) is 5.40. The lowest BCUT2D eigenvalue weighted by Crippen LogP contribution is -2.38. The van der Waals surface area contributed by atoms with E-state index in [0.717, 1.165) is 16.1 Å². The van der Waals surface area contributed by atoms with Crippen molar-refractivity contribution in [3.63, 3.8) is 0 Å². The van der Waals surface area contributed by atoms with Gasteiger partial charge in [0.1, 0.15) is 5.01 Å². The summed E-state index contributed by atoms with van der Waals surface area (Å²) in [4.78, 5) is 14.0. The number of carbonyl (C=O) groups is 1. The second-order valence-corrected chi connectivity index (χ2v) is 9.96. The number of sulfone groups is 1. The topological polar surface area (TPSA) is 92.3 Å². The highest BCUT2D eigenvalue weighted by molar-refractivity contribution is 7.91. The van der Waals surface area contributed by atoms with Gasteiger partial charge in [-0.15, -0.1) is 10.2 Å². The summed E-state index contributed by atoms with van der Waals surface area (Å²) < 4.78 is 23.1. The maximum atomic E-state index is 12.2. The van der Waals surface area contributed by atoms with Gasteiger partial charge < -0.3 is 0 Å². The lowest BCUT2D eigenvalue weighted by molar-refractivity contribution is -0.117. The fraction of sp³-hybridized carbons (Fsp3) is 0.471. The Balaban J connectivity index is 1.61. The molecule has 1 saturated heterocycles. The number of amides is 1. The summed E-state index contributed by atoms with van der Waals surface area (Å²) in [6.45, 7) is 4.18. The molecular formula is C17H22N4O3S2. The summed E-state index contributed by atoms with van der Waals surface area (Å²) in [5.74, 6) is 0.0891. The summed E-state index contributed by atoms with van der Waals surface area (Å²) in [5, 5.41) is 12.2. The third kappa shape index (κ3) is 4.46. The number of hydrogen-bond donors (Lipinski definition) is 1. The number of benzene rings is 1. The Morgan fingerprint density at radius 3 is 2.77 bits per heavy atom. The van der Waals surface area contributed by atoms with Crippen LogP contribution in [0.25, 0.3) is 10.6 Å². The smallest absolute Gasteiger partial charge is 0.240 e. The summed E-state index contributed by atoms with van der Waals surface area (Å²) in [6, 6.07) is 6.00. The highest BCUT2D eigenvalue weighted by Gasteiger charge is 2.31. The van der Waals surface area contributed by atoms with E-state index in [1.54, 1.807) is 11.9 Å². The number of rotatable bonds is 5. The number of aryl methyl sites for hydroxylation is 2. The van der Waals surface area contributed by atoms with Crippen LogP contribution in [0, 0.1) is 13.8 Å². The van der Waals surface area contributed by atoms with E-state index in [0.29, 0.717) is 11.6 Å². The van der Waals surface area contributed by atoms with Gasteiger partial charge in [0, 0.05) is 11.6 Å². The van der Waals surface area contributed by atoms with Gasteiger partial charge in [-0.3, -0.25) is 15.0 Å². The van der Waals surface area contributed by atoms with E-state index in [1.165, 1.54) is 16.9 Å². The summed E-state index contributed by atoms with van der Waals surface area (Å²) in [7, 11) is -1.19. The van der Waals surface area contributed by atoms with E-state index in [-0.39, 0.29) is 30.0 Å². The average Bonchev–Trinajstić information content (AvgIpc) is 3.13. The second kappa shape index (κ2) is 7.42. The molecule has 140 valence electrons. The zero-order chi connectivity index (χ0) is 18.9. The molecule has 1 amide bonds. The van der Waals surface area contributed by atoms with Crippen molar-refractivity contribution in [2.45, 2.75) is 26.3 Å². The van der Waals surface area contributed by atoms with Gasteiger partial charge in [0.25, 0.3) is 0 Å². The number of nitrogens with zero attached hydrogens (tertiary/aromatic N) is 3. The van der Waals surface area contributed by atoms with E-state index in [4.69, 9.17) is 0 Å². The molecule has 2 heterocycles. The van der Waals surface area contributed by atoms with Gasteiger partial charge in [-0.25, -0.2) is 8.42 Å². The van der Waals surface area contributed by atoms with Crippen LogP contribution in [0.2, 0.25) is 0 Å². The second-order valence-electron chi connectivity index (χ2n) is 6.75. The third-order valence-corrected chi connectivity index (χ3v) is 7.13. The lowest BCUT2D eigenvalue weighted by Gasteiger charge is -2.21. The van der Waals surface area contributed by atoms with Crippen LogP contribution < -0.4 is 5.32 Å². The van der Waals surface area contributed by atoms with Crippen LogP contribution in [0.15, 0.2) is 18.2 Å². The maximum absolute atomic E-state index is 12.2. The molecule has 0 bridgehead atoms. The highest BCUT2D eigenvalue weighted by atomic mass is 32.2. The quantitative estimate of drug-likeness (QED) is 0.832. The monoisotopic (exact) mass is 394 g/mol. The van der Waals surface area contributed by atoms with Crippen LogP contribution in [0.5, 0.6) is 0 Å². The number of likely N-dealkylation sites (N-methyl/N-ethyl adjacent to an activating group) is 1.